The molecule has 0 aromatic carbocycles. The summed E-state index contributed by atoms with van der Waals surface area (Å²) < 4.78 is 0. The van der Waals surface area contributed by atoms with Gasteiger partial charge in [0, 0.05) is 0 Å². The molecule has 0 aromatic rings. The highest BCUT2D eigenvalue weighted by molar-refractivity contribution is 4.76. The predicted octanol–water partition coefficient (Wildman–Crippen LogP) is 5.67. The van der Waals surface area contributed by atoms with Gasteiger partial charge in [-0.25, -0.2) is 0 Å². The Morgan fingerprint density at radius 1 is 0.714 bits per heavy atom. The van der Waals surface area contributed by atoms with Crippen molar-refractivity contribution >= 4 is 0 Å². The van der Waals surface area contributed by atoms with Crippen LogP contribution in [0.2, 0.25) is 0 Å². The van der Waals surface area contributed by atoms with Crippen LogP contribution >= 0.6 is 0 Å². The molecule has 0 unspecified atom stereocenters. The zero-order valence-electron chi connectivity index (χ0n) is 11.6. The first-order valence-corrected chi connectivity index (χ1v) is 6.61. The lowest BCUT2D eigenvalue weighted by molar-refractivity contribution is 0.180. The Morgan fingerprint density at radius 3 is 1.29 bits per heavy atom. The van der Waals surface area contributed by atoms with Crippen molar-refractivity contribution in [2.75, 3.05) is 0 Å². The Balaban J connectivity index is 0. The van der Waals surface area contributed by atoms with Crippen LogP contribution < -0.4 is 0 Å². The van der Waals surface area contributed by atoms with E-state index < -0.39 is 0 Å². The van der Waals surface area contributed by atoms with Crippen molar-refractivity contribution < 1.29 is 0 Å². The van der Waals surface area contributed by atoms with Crippen molar-refractivity contribution in [3.05, 3.63) is 0 Å². The van der Waals surface area contributed by atoms with E-state index in [1.54, 1.807) is 0 Å². The highest BCUT2D eigenvalue weighted by Gasteiger charge is 2.25. The third-order valence-electron chi connectivity index (χ3n) is 2.83. The Bertz CT molecular complexity index is 91.1. The normalized spacial score (nSPS) is 17.4. The van der Waals surface area contributed by atoms with Crippen molar-refractivity contribution in [1.82, 2.24) is 0 Å². The topological polar surface area (TPSA) is 0 Å². The van der Waals surface area contributed by atoms with Crippen LogP contribution in [0.25, 0.3) is 0 Å². The summed E-state index contributed by atoms with van der Waals surface area (Å²) in [4.78, 5) is 0. The molecule has 88 valence electrons. The van der Waals surface area contributed by atoms with E-state index in [0.717, 1.165) is 5.92 Å². The van der Waals surface area contributed by atoms with E-state index in [4.69, 9.17) is 0 Å². The van der Waals surface area contributed by atoms with Crippen molar-refractivity contribution in [1.29, 1.82) is 0 Å². The van der Waals surface area contributed by atoms with Gasteiger partial charge in [-0.05, 0) is 24.2 Å². The fourth-order valence-corrected chi connectivity index (χ4v) is 1.97. The van der Waals surface area contributed by atoms with Crippen LogP contribution in [0, 0.1) is 11.3 Å². The lowest BCUT2D eigenvalue weighted by Crippen LogP contribution is -2.22. The molecule has 0 aliphatic heterocycles. The van der Waals surface area contributed by atoms with Gasteiger partial charge in [-0.2, -0.15) is 0 Å². The summed E-state index contributed by atoms with van der Waals surface area (Å²) in [5.74, 6) is 1.00. The number of hydrogen-bond donors (Lipinski definition) is 0. The Kier molecular flexibility index (Phi) is 11.2. The van der Waals surface area contributed by atoms with Gasteiger partial charge in [0.05, 0.1) is 0 Å². The van der Waals surface area contributed by atoms with Crippen molar-refractivity contribution in [2.24, 2.45) is 11.3 Å². The molecule has 0 radical (unpaired) electrons. The fourth-order valence-electron chi connectivity index (χ4n) is 1.97. The minimum absolute atomic E-state index is 0.570. The van der Waals surface area contributed by atoms with Gasteiger partial charge in [-0.1, -0.05) is 67.7 Å². The van der Waals surface area contributed by atoms with E-state index in [0.29, 0.717) is 5.41 Å². The fraction of sp³-hybridized carbons (Fsp3) is 1.00. The van der Waals surface area contributed by atoms with Crippen molar-refractivity contribution in [2.45, 2.75) is 80.6 Å². The summed E-state index contributed by atoms with van der Waals surface area (Å²) in [6, 6.07) is 0. The third-order valence-corrected chi connectivity index (χ3v) is 2.83. The zero-order valence-corrected chi connectivity index (χ0v) is 11.6. The lowest BCUT2D eigenvalue weighted by atomic mass is 9.72. The van der Waals surface area contributed by atoms with Crippen LogP contribution in [-0.2, 0) is 0 Å². The van der Waals surface area contributed by atoms with E-state index in [2.05, 4.69) is 20.8 Å². The number of hydrogen-bond acceptors (Lipinski definition) is 0. The molecule has 0 nitrogen and oxygen atoms in total. The molecule has 1 aliphatic carbocycles. The molecule has 1 rings (SSSR count). The first-order chi connectivity index (χ1) is 6.61. The first kappa shape index (κ1) is 16.4. The summed E-state index contributed by atoms with van der Waals surface area (Å²) in [7, 11) is 0. The maximum Gasteiger partial charge on any atom is -0.0354 e. The maximum absolute atomic E-state index is 2.38. The molecule has 1 aliphatic rings. The summed E-state index contributed by atoms with van der Waals surface area (Å²) in [6.45, 7) is 15.1. The average molecular weight is 200 g/mol. The average Bonchev–Trinajstić information content (AvgIpc) is 2.24. The second kappa shape index (κ2) is 9.55. The zero-order chi connectivity index (χ0) is 11.6. The van der Waals surface area contributed by atoms with Gasteiger partial charge in [0.1, 0.15) is 0 Å². The second-order valence-corrected chi connectivity index (χ2v) is 4.70. The molecular weight excluding hydrogens is 168 g/mol. The summed E-state index contributed by atoms with van der Waals surface area (Å²) >= 11 is 0. The molecule has 0 heteroatoms. The van der Waals surface area contributed by atoms with E-state index >= 15 is 0 Å². The molecule has 1 saturated carbocycles. The van der Waals surface area contributed by atoms with Gasteiger partial charge >= 0.3 is 0 Å². The molecule has 0 atom stereocenters. The molecular formula is C14H32. The molecule has 0 saturated heterocycles. The van der Waals surface area contributed by atoms with Crippen LogP contribution in [0.4, 0.5) is 0 Å². The van der Waals surface area contributed by atoms with E-state index in [1.165, 1.54) is 32.1 Å². The summed E-state index contributed by atoms with van der Waals surface area (Å²) in [6.07, 6.45) is 7.38. The van der Waals surface area contributed by atoms with Crippen LogP contribution in [0.1, 0.15) is 80.6 Å². The molecule has 0 spiro atoms. The highest BCUT2D eigenvalue weighted by atomic mass is 14.3. The highest BCUT2D eigenvalue weighted by Crippen LogP contribution is 2.37. The Morgan fingerprint density at radius 2 is 1.07 bits per heavy atom. The minimum Gasteiger partial charge on any atom is -0.0683 e. The van der Waals surface area contributed by atoms with Gasteiger partial charge in [0.15, 0.2) is 0 Å². The Labute approximate surface area is 92.5 Å². The van der Waals surface area contributed by atoms with Crippen LogP contribution in [0.5, 0.6) is 0 Å². The molecule has 0 N–H and O–H groups in total. The van der Waals surface area contributed by atoms with Gasteiger partial charge in [0.2, 0.25) is 0 Å². The molecule has 0 heterocycles. The molecule has 0 bridgehead atoms. The van der Waals surface area contributed by atoms with Crippen molar-refractivity contribution in [3.8, 4) is 0 Å². The maximum atomic E-state index is 2.38. The summed E-state index contributed by atoms with van der Waals surface area (Å²) in [5.41, 5.74) is 0.570. The lowest BCUT2D eigenvalue weighted by Gasteiger charge is -2.33. The standard InChI is InChI=1S/C10H20.2C2H6/c1-10(2,3)9-7-5-4-6-8-9;2*1-2/h9H,4-8H2,1-3H3;2*1-2H3. The van der Waals surface area contributed by atoms with Crippen molar-refractivity contribution in [3.63, 3.8) is 0 Å². The minimum atomic E-state index is 0.570. The molecule has 1 fully saturated rings. The second-order valence-electron chi connectivity index (χ2n) is 4.70. The quantitative estimate of drug-likeness (QED) is 0.473. The third kappa shape index (κ3) is 7.41. The molecule has 14 heavy (non-hydrogen) atoms. The predicted molar refractivity (Wildman–Crippen MR) is 68.7 cm³/mol. The smallest absolute Gasteiger partial charge is 0.0354 e. The first-order valence-electron chi connectivity index (χ1n) is 6.61. The van der Waals surface area contributed by atoms with Crippen LogP contribution in [-0.4, -0.2) is 0 Å². The van der Waals surface area contributed by atoms with Gasteiger partial charge < -0.3 is 0 Å². The number of rotatable bonds is 0. The Hall–Kier alpha value is 0. The molecule has 0 aromatic heterocycles. The van der Waals surface area contributed by atoms with Crippen LogP contribution in [0.3, 0.4) is 0 Å². The van der Waals surface area contributed by atoms with E-state index in [1.807, 2.05) is 27.7 Å². The van der Waals surface area contributed by atoms with E-state index in [9.17, 15) is 0 Å². The molecule has 0 amide bonds. The van der Waals surface area contributed by atoms with Gasteiger partial charge in [0.25, 0.3) is 0 Å². The van der Waals surface area contributed by atoms with Gasteiger partial charge in [-0.15, -0.1) is 0 Å². The SMILES string of the molecule is CC.CC.CC(C)(C)C1CCCCC1. The van der Waals surface area contributed by atoms with Gasteiger partial charge in [-0.3, -0.25) is 0 Å². The van der Waals surface area contributed by atoms with E-state index in [-0.39, 0.29) is 0 Å². The monoisotopic (exact) mass is 200 g/mol. The summed E-state index contributed by atoms with van der Waals surface area (Å²) in [5, 5.41) is 0. The largest absolute Gasteiger partial charge is 0.0683 e. The van der Waals surface area contributed by atoms with Crippen LogP contribution in [0.15, 0.2) is 0 Å².